The van der Waals surface area contributed by atoms with E-state index in [9.17, 15) is 16.8 Å². The second kappa shape index (κ2) is 9.63. The van der Waals surface area contributed by atoms with E-state index in [0.717, 1.165) is 36.3 Å². The van der Waals surface area contributed by atoms with Gasteiger partial charge in [0.25, 0.3) is 0 Å². The Morgan fingerprint density at radius 1 is 0.649 bits per heavy atom. The molecule has 0 radical (unpaired) electrons. The lowest BCUT2D eigenvalue weighted by atomic mass is 10.0. The number of thiophene rings is 1. The Hall–Kier alpha value is -2.56. The highest BCUT2D eigenvalue weighted by atomic mass is 32.2. The molecule has 37 heavy (non-hydrogen) atoms. The Labute approximate surface area is 222 Å². The molecule has 0 aliphatic carbocycles. The number of benzene rings is 4. The second-order valence-electron chi connectivity index (χ2n) is 8.90. The van der Waals surface area contributed by atoms with E-state index < -0.39 is 20.0 Å². The molecular formula is C28H30N2O4S3. The van der Waals surface area contributed by atoms with Crippen molar-refractivity contribution in [3.8, 4) is 0 Å². The molecule has 0 N–H and O–H groups in total. The Bertz CT molecular complexity index is 1870. The predicted molar refractivity (Wildman–Crippen MR) is 155 cm³/mol. The van der Waals surface area contributed by atoms with Crippen LogP contribution in [0.3, 0.4) is 0 Å². The maximum atomic E-state index is 13.6. The van der Waals surface area contributed by atoms with Gasteiger partial charge in [-0.2, -0.15) is 8.61 Å². The molecule has 0 aliphatic rings. The van der Waals surface area contributed by atoms with Gasteiger partial charge in [-0.05, 0) is 29.0 Å². The van der Waals surface area contributed by atoms with Crippen molar-refractivity contribution < 1.29 is 16.8 Å². The fraction of sp³-hybridized carbons (Fsp3) is 0.286. The molecule has 6 nitrogen and oxygen atoms in total. The first-order chi connectivity index (χ1) is 17.7. The van der Waals surface area contributed by atoms with Crippen LogP contribution in [0.4, 0.5) is 0 Å². The SMILES string of the molecule is CCN(CC)S(=O)(=O)c1ccc2ccc3c(sc4cc(S(=O)(=O)N(CC)CC)c5ccccc5c43)c2c1. The Morgan fingerprint density at radius 2 is 1.24 bits per heavy atom. The van der Waals surface area contributed by atoms with Gasteiger partial charge in [-0.3, -0.25) is 0 Å². The minimum absolute atomic E-state index is 0.267. The number of sulfonamides is 2. The van der Waals surface area contributed by atoms with E-state index in [-0.39, 0.29) is 4.90 Å². The predicted octanol–water partition coefficient (Wildman–Crippen LogP) is 6.42. The first-order valence-electron chi connectivity index (χ1n) is 12.5. The van der Waals surface area contributed by atoms with Gasteiger partial charge in [-0.15, -0.1) is 11.3 Å². The van der Waals surface area contributed by atoms with Gasteiger partial charge < -0.3 is 0 Å². The van der Waals surface area contributed by atoms with Crippen LogP contribution in [0.2, 0.25) is 0 Å². The number of hydrogen-bond acceptors (Lipinski definition) is 5. The molecule has 0 saturated heterocycles. The summed E-state index contributed by atoms with van der Waals surface area (Å²) in [5.74, 6) is 0. The van der Waals surface area contributed by atoms with Crippen LogP contribution in [0.1, 0.15) is 27.7 Å². The van der Waals surface area contributed by atoms with Gasteiger partial charge in [-0.1, -0.05) is 70.2 Å². The van der Waals surface area contributed by atoms with Gasteiger partial charge in [-0.25, -0.2) is 16.8 Å². The van der Waals surface area contributed by atoms with E-state index in [1.807, 2.05) is 64.1 Å². The highest BCUT2D eigenvalue weighted by Gasteiger charge is 2.27. The van der Waals surface area contributed by atoms with Gasteiger partial charge in [0, 0.05) is 57.1 Å². The van der Waals surface area contributed by atoms with Gasteiger partial charge >= 0.3 is 0 Å². The average molecular weight is 555 g/mol. The van der Waals surface area contributed by atoms with E-state index in [2.05, 4.69) is 6.07 Å². The normalized spacial score (nSPS) is 13.1. The van der Waals surface area contributed by atoms with Crippen molar-refractivity contribution in [3.63, 3.8) is 0 Å². The van der Waals surface area contributed by atoms with Crippen molar-refractivity contribution in [2.45, 2.75) is 37.5 Å². The van der Waals surface area contributed by atoms with Crippen LogP contribution in [-0.2, 0) is 20.0 Å². The molecule has 0 saturated carbocycles. The summed E-state index contributed by atoms with van der Waals surface area (Å²) in [6.07, 6.45) is 0. The molecule has 0 aliphatic heterocycles. The third-order valence-corrected chi connectivity index (χ3v) is 12.4. The van der Waals surface area contributed by atoms with E-state index in [0.29, 0.717) is 36.5 Å². The number of hydrogen-bond donors (Lipinski definition) is 0. The summed E-state index contributed by atoms with van der Waals surface area (Å²) in [5.41, 5.74) is 0. The van der Waals surface area contributed by atoms with E-state index in [1.165, 1.54) is 19.9 Å². The zero-order chi connectivity index (χ0) is 26.5. The zero-order valence-electron chi connectivity index (χ0n) is 21.4. The second-order valence-corrected chi connectivity index (χ2v) is 13.8. The first-order valence-corrected chi connectivity index (χ1v) is 16.2. The molecule has 4 aromatic carbocycles. The number of rotatable bonds is 8. The quantitative estimate of drug-likeness (QED) is 0.222. The van der Waals surface area contributed by atoms with Gasteiger partial charge in [0.15, 0.2) is 0 Å². The smallest absolute Gasteiger partial charge is 0.207 e. The molecule has 0 spiro atoms. The van der Waals surface area contributed by atoms with Crippen LogP contribution in [0.5, 0.6) is 0 Å². The maximum absolute atomic E-state index is 13.6. The third-order valence-electron chi connectivity index (χ3n) is 7.06. The fourth-order valence-electron chi connectivity index (χ4n) is 5.15. The minimum Gasteiger partial charge on any atom is -0.207 e. The lowest BCUT2D eigenvalue weighted by Crippen LogP contribution is -2.30. The summed E-state index contributed by atoms with van der Waals surface area (Å²) in [6, 6.07) is 18.8. The first kappa shape index (κ1) is 26.1. The van der Waals surface area contributed by atoms with Gasteiger partial charge in [0.1, 0.15) is 0 Å². The van der Waals surface area contributed by atoms with E-state index in [1.54, 1.807) is 18.2 Å². The Morgan fingerprint density at radius 3 is 1.89 bits per heavy atom. The highest BCUT2D eigenvalue weighted by Crippen LogP contribution is 2.44. The summed E-state index contributed by atoms with van der Waals surface area (Å²) >= 11 is 1.51. The summed E-state index contributed by atoms with van der Waals surface area (Å²) in [5, 5.41) is 5.35. The largest absolute Gasteiger partial charge is 0.243 e. The van der Waals surface area contributed by atoms with Gasteiger partial charge in [0.05, 0.1) is 9.79 Å². The summed E-state index contributed by atoms with van der Waals surface area (Å²) in [4.78, 5) is 0.572. The van der Waals surface area contributed by atoms with Crippen LogP contribution >= 0.6 is 11.3 Å². The molecule has 0 unspecified atom stereocenters. The molecule has 1 aromatic heterocycles. The molecule has 9 heteroatoms. The van der Waals surface area contributed by atoms with Crippen LogP contribution < -0.4 is 0 Å². The van der Waals surface area contributed by atoms with Crippen LogP contribution in [0.15, 0.2) is 70.5 Å². The maximum Gasteiger partial charge on any atom is 0.243 e. The third kappa shape index (κ3) is 4.04. The fourth-order valence-corrected chi connectivity index (χ4v) is 9.68. The highest BCUT2D eigenvalue weighted by molar-refractivity contribution is 7.89. The summed E-state index contributed by atoms with van der Waals surface area (Å²) in [6.45, 7) is 8.95. The Kier molecular flexibility index (Phi) is 6.79. The van der Waals surface area contributed by atoms with Crippen molar-refractivity contribution in [1.82, 2.24) is 8.61 Å². The van der Waals surface area contributed by atoms with Crippen molar-refractivity contribution in [3.05, 3.63) is 60.7 Å². The standard InChI is InChI=1S/C28H30N2O4S3/c1-5-29(6-2)36(31,32)20-15-13-19-14-16-23-27-22-12-10-9-11-21(22)26(37(33,34)30(7-3)8-4)18-25(27)35-28(23)24(19)17-20/h9-18H,5-8H2,1-4H3. The monoisotopic (exact) mass is 554 g/mol. The average Bonchev–Trinajstić information content (AvgIpc) is 3.28. The van der Waals surface area contributed by atoms with Crippen LogP contribution in [-0.4, -0.2) is 51.6 Å². The van der Waals surface area contributed by atoms with Crippen molar-refractivity contribution in [2.24, 2.45) is 0 Å². The lowest BCUT2D eigenvalue weighted by molar-refractivity contribution is 0.444. The molecule has 1 heterocycles. The topological polar surface area (TPSA) is 74.8 Å². The zero-order valence-corrected chi connectivity index (χ0v) is 23.8. The molecule has 0 bridgehead atoms. The molecule has 0 amide bonds. The summed E-state index contributed by atoms with van der Waals surface area (Å²) in [7, 11) is -7.30. The van der Waals surface area contributed by atoms with Crippen LogP contribution in [0, 0.1) is 0 Å². The van der Waals surface area contributed by atoms with Gasteiger partial charge in [0.2, 0.25) is 20.0 Å². The molecule has 0 fully saturated rings. The number of fused-ring (bicyclic) bond motifs is 7. The number of nitrogens with zero attached hydrogens (tertiary/aromatic N) is 2. The van der Waals surface area contributed by atoms with Crippen molar-refractivity contribution in [1.29, 1.82) is 0 Å². The van der Waals surface area contributed by atoms with Crippen molar-refractivity contribution in [2.75, 3.05) is 26.2 Å². The minimum atomic E-state index is -3.69. The van der Waals surface area contributed by atoms with Crippen molar-refractivity contribution >= 4 is 73.1 Å². The van der Waals surface area contributed by atoms with E-state index in [4.69, 9.17) is 0 Å². The van der Waals surface area contributed by atoms with E-state index >= 15 is 0 Å². The molecular weight excluding hydrogens is 525 g/mol. The summed E-state index contributed by atoms with van der Waals surface area (Å²) < 4.78 is 58.5. The molecule has 0 atom stereocenters. The molecule has 5 aromatic rings. The van der Waals surface area contributed by atoms with Crippen LogP contribution in [0.25, 0.3) is 41.7 Å². The lowest BCUT2D eigenvalue weighted by Gasteiger charge is -2.20. The Balaban J connectivity index is 1.86. The molecule has 5 rings (SSSR count). The molecule has 194 valence electrons.